The third kappa shape index (κ3) is 3.43. The lowest BCUT2D eigenvalue weighted by Gasteiger charge is -2.10. The van der Waals surface area contributed by atoms with Gasteiger partial charge >= 0.3 is 0 Å². The number of rotatable bonds is 4. The first kappa shape index (κ1) is 13.8. The minimum atomic E-state index is -3.44. The highest BCUT2D eigenvalue weighted by Crippen LogP contribution is 2.22. The quantitative estimate of drug-likeness (QED) is 0.932. The molecular formula is C15H17NO2S. The fourth-order valence-electron chi connectivity index (χ4n) is 1.85. The maximum atomic E-state index is 12.1. The third-order valence-corrected chi connectivity index (χ3v) is 4.30. The summed E-state index contributed by atoms with van der Waals surface area (Å²) < 4.78 is 26.8. The summed E-state index contributed by atoms with van der Waals surface area (Å²) in [5, 5.41) is 0. The van der Waals surface area contributed by atoms with Crippen molar-refractivity contribution >= 4 is 10.0 Å². The van der Waals surface area contributed by atoms with Crippen LogP contribution in [0.15, 0.2) is 59.5 Å². The van der Waals surface area contributed by atoms with E-state index in [-0.39, 0.29) is 6.04 Å². The monoisotopic (exact) mass is 275 g/mol. The molecule has 0 atom stereocenters. The molecule has 0 saturated heterocycles. The van der Waals surface area contributed by atoms with E-state index in [2.05, 4.69) is 4.72 Å². The fraction of sp³-hybridized carbons (Fsp3) is 0.200. The van der Waals surface area contributed by atoms with Crippen molar-refractivity contribution in [2.45, 2.75) is 24.8 Å². The predicted octanol–water partition coefficient (Wildman–Crippen LogP) is 3.04. The molecule has 0 amide bonds. The molecule has 0 aliphatic carbocycles. The SMILES string of the molecule is CC(C)NS(=O)(=O)c1cccc(-c2ccccc2)c1. The summed E-state index contributed by atoms with van der Waals surface area (Å²) in [6.45, 7) is 3.61. The van der Waals surface area contributed by atoms with Crippen molar-refractivity contribution in [3.05, 3.63) is 54.6 Å². The number of sulfonamides is 1. The molecule has 0 heterocycles. The molecule has 2 aromatic rings. The second-order valence-electron chi connectivity index (χ2n) is 4.67. The first-order chi connectivity index (χ1) is 8.99. The van der Waals surface area contributed by atoms with Crippen LogP contribution in [0.2, 0.25) is 0 Å². The van der Waals surface area contributed by atoms with Gasteiger partial charge in [0.1, 0.15) is 0 Å². The average Bonchev–Trinajstić information content (AvgIpc) is 2.38. The summed E-state index contributed by atoms with van der Waals surface area (Å²) in [5.74, 6) is 0. The Morgan fingerprint density at radius 2 is 1.53 bits per heavy atom. The summed E-state index contributed by atoms with van der Waals surface area (Å²) in [4.78, 5) is 0.294. The first-order valence-corrected chi connectivity index (χ1v) is 7.65. The average molecular weight is 275 g/mol. The van der Waals surface area contributed by atoms with Crippen LogP contribution in [-0.4, -0.2) is 14.5 Å². The molecule has 0 fully saturated rings. The van der Waals surface area contributed by atoms with Crippen LogP contribution in [0, 0.1) is 0 Å². The lowest BCUT2D eigenvalue weighted by molar-refractivity contribution is 0.570. The highest BCUT2D eigenvalue weighted by Gasteiger charge is 2.15. The van der Waals surface area contributed by atoms with E-state index in [1.54, 1.807) is 32.0 Å². The maximum Gasteiger partial charge on any atom is 0.240 e. The Morgan fingerprint density at radius 3 is 2.16 bits per heavy atom. The van der Waals surface area contributed by atoms with Gasteiger partial charge in [0.05, 0.1) is 4.90 Å². The van der Waals surface area contributed by atoms with Gasteiger partial charge in [-0.1, -0.05) is 42.5 Å². The Morgan fingerprint density at radius 1 is 0.895 bits per heavy atom. The molecule has 2 rings (SSSR count). The minimum Gasteiger partial charge on any atom is -0.209 e. The fourth-order valence-corrected chi connectivity index (χ4v) is 3.15. The van der Waals surface area contributed by atoms with Gasteiger partial charge in [0.2, 0.25) is 10.0 Å². The molecule has 0 aliphatic heterocycles. The molecule has 0 aliphatic rings. The van der Waals surface area contributed by atoms with Crippen LogP contribution in [-0.2, 0) is 10.0 Å². The first-order valence-electron chi connectivity index (χ1n) is 6.17. The van der Waals surface area contributed by atoms with Crippen LogP contribution < -0.4 is 4.72 Å². The molecule has 0 aromatic heterocycles. The topological polar surface area (TPSA) is 46.2 Å². The Kier molecular flexibility index (Phi) is 4.02. The lowest BCUT2D eigenvalue weighted by atomic mass is 10.1. The summed E-state index contributed by atoms with van der Waals surface area (Å²) in [6.07, 6.45) is 0. The normalized spacial score (nSPS) is 11.7. The molecule has 4 heteroatoms. The predicted molar refractivity (Wildman–Crippen MR) is 77.3 cm³/mol. The van der Waals surface area contributed by atoms with Crippen molar-refractivity contribution in [1.82, 2.24) is 4.72 Å². The number of hydrogen-bond donors (Lipinski definition) is 1. The molecule has 0 bridgehead atoms. The molecule has 0 radical (unpaired) electrons. The van der Waals surface area contributed by atoms with E-state index in [1.165, 1.54) is 0 Å². The highest BCUT2D eigenvalue weighted by molar-refractivity contribution is 7.89. The van der Waals surface area contributed by atoms with Gasteiger partial charge < -0.3 is 0 Å². The van der Waals surface area contributed by atoms with Crippen molar-refractivity contribution < 1.29 is 8.42 Å². The third-order valence-electron chi connectivity index (χ3n) is 2.64. The van der Waals surface area contributed by atoms with Gasteiger partial charge in [-0.15, -0.1) is 0 Å². The molecule has 1 N–H and O–H groups in total. The molecule has 3 nitrogen and oxygen atoms in total. The van der Waals surface area contributed by atoms with Gasteiger partial charge in [-0.2, -0.15) is 0 Å². The molecule has 0 saturated carbocycles. The molecular weight excluding hydrogens is 258 g/mol. The van der Waals surface area contributed by atoms with Gasteiger partial charge in [-0.25, -0.2) is 13.1 Å². The lowest BCUT2D eigenvalue weighted by Crippen LogP contribution is -2.30. The Balaban J connectivity index is 2.41. The summed E-state index contributed by atoms with van der Waals surface area (Å²) in [7, 11) is -3.44. The molecule has 2 aromatic carbocycles. The summed E-state index contributed by atoms with van der Waals surface area (Å²) in [5.41, 5.74) is 1.90. The van der Waals surface area contributed by atoms with Crippen LogP contribution >= 0.6 is 0 Å². The number of hydrogen-bond acceptors (Lipinski definition) is 2. The Labute approximate surface area is 114 Å². The van der Waals surface area contributed by atoms with Crippen molar-refractivity contribution in [3.63, 3.8) is 0 Å². The second-order valence-corrected chi connectivity index (χ2v) is 6.38. The van der Waals surface area contributed by atoms with E-state index in [1.807, 2.05) is 36.4 Å². The molecule has 0 spiro atoms. The van der Waals surface area contributed by atoms with E-state index >= 15 is 0 Å². The van der Waals surface area contributed by atoms with E-state index in [0.29, 0.717) is 4.90 Å². The van der Waals surface area contributed by atoms with Crippen molar-refractivity contribution in [2.75, 3.05) is 0 Å². The van der Waals surface area contributed by atoms with Gasteiger partial charge in [0.15, 0.2) is 0 Å². The van der Waals surface area contributed by atoms with Crippen LogP contribution in [0.3, 0.4) is 0 Å². The highest BCUT2D eigenvalue weighted by atomic mass is 32.2. The molecule has 19 heavy (non-hydrogen) atoms. The van der Waals surface area contributed by atoms with Crippen molar-refractivity contribution in [2.24, 2.45) is 0 Å². The Hall–Kier alpha value is -1.65. The Bertz CT molecular complexity index is 649. The summed E-state index contributed by atoms with van der Waals surface area (Å²) >= 11 is 0. The van der Waals surface area contributed by atoms with Crippen LogP contribution in [0.25, 0.3) is 11.1 Å². The van der Waals surface area contributed by atoms with Gasteiger partial charge in [0, 0.05) is 6.04 Å². The van der Waals surface area contributed by atoms with Crippen molar-refractivity contribution in [1.29, 1.82) is 0 Å². The zero-order chi connectivity index (χ0) is 13.9. The summed E-state index contributed by atoms with van der Waals surface area (Å²) in [6, 6.07) is 16.6. The van der Waals surface area contributed by atoms with E-state index in [4.69, 9.17) is 0 Å². The number of nitrogens with one attached hydrogen (secondary N) is 1. The largest absolute Gasteiger partial charge is 0.240 e. The molecule has 100 valence electrons. The van der Waals surface area contributed by atoms with Crippen LogP contribution in [0.5, 0.6) is 0 Å². The zero-order valence-corrected chi connectivity index (χ0v) is 11.8. The zero-order valence-electron chi connectivity index (χ0n) is 11.0. The van der Waals surface area contributed by atoms with E-state index < -0.39 is 10.0 Å². The van der Waals surface area contributed by atoms with Gasteiger partial charge in [-0.05, 0) is 37.1 Å². The second kappa shape index (κ2) is 5.55. The maximum absolute atomic E-state index is 12.1. The standard InChI is InChI=1S/C15H17NO2S/c1-12(2)16-19(17,18)15-10-6-9-14(11-15)13-7-4-3-5-8-13/h3-12,16H,1-2H3. The molecule has 0 unspecified atom stereocenters. The minimum absolute atomic E-state index is 0.120. The van der Waals surface area contributed by atoms with Gasteiger partial charge in [0.25, 0.3) is 0 Å². The smallest absolute Gasteiger partial charge is 0.209 e. The van der Waals surface area contributed by atoms with E-state index in [0.717, 1.165) is 11.1 Å². The van der Waals surface area contributed by atoms with Gasteiger partial charge in [-0.3, -0.25) is 0 Å². The number of benzene rings is 2. The van der Waals surface area contributed by atoms with Crippen LogP contribution in [0.1, 0.15) is 13.8 Å². The van der Waals surface area contributed by atoms with Crippen molar-refractivity contribution in [3.8, 4) is 11.1 Å². The van der Waals surface area contributed by atoms with Crippen LogP contribution in [0.4, 0.5) is 0 Å². The van der Waals surface area contributed by atoms with E-state index in [9.17, 15) is 8.42 Å².